The van der Waals surface area contributed by atoms with Gasteiger partial charge in [0.25, 0.3) is 0 Å². The highest BCUT2D eigenvalue weighted by molar-refractivity contribution is 5.50. The Bertz CT molecular complexity index is 626. The zero-order valence-corrected chi connectivity index (χ0v) is 12.3. The number of nitrogens with zero attached hydrogens (tertiary/aromatic N) is 2. The molecule has 0 atom stereocenters. The molecule has 0 radical (unpaired) electrons. The smallest absolute Gasteiger partial charge is 0.227 e. The summed E-state index contributed by atoms with van der Waals surface area (Å²) >= 11 is 0. The molecular formula is C15H20N4O. The van der Waals surface area contributed by atoms with Gasteiger partial charge in [0.15, 0.2) is 0 Å². The molecule has 5 nitrogen and oxygen atoms in total. The van der Waals surface area contributed by atoms with Gasteiger partial charge >= 0.3 is 0 Å². The third-order valence-electron chi connectivity index (χ3n) is 3.36. The Kier molecular flexibility index (Phi) is 4.20. The molecule has 2 aromatic rings. The van der Waals surface area contributed by atoms with Crippen molar-refractivity contribution in [2.45, 2.75) is 34.1 Å². The van der Waals surface area contributed by atoms with Crippen LogP contribution in [-0.2, 0) is 6.42 Å². The van der Waals surface area contributed by atoms with Crippen LogP contribution >= 0.6 is 0 Å². The molecule has 20 heavy (non-hydrogen) atoms. The van der Waals surface area contributed by atoms with E-state index in [2.05, 4.69) is 28.4 Å². The maximum Gasteiger partial charge on any atom is 0.227 e. The lowest BCUT2D eigenvalue weighted by molar-refractivity contribution is 0.451. The fourth-order valence-corrected chi connectivity index (χ4v) is 1.88. The van der Waals surface area contributed by atoms with Crippen molar-refractivity contribution < 1.29 is 4.74 Å². The Balaban J connectivity index is 2.45. The van der Waals surface area contributed by atoms with Gasteiger partial charge < -0.3 is 10.2 Å². The SMILES string of the molecule is CCc1nc(NN)c(C)c(Oc2cccc(C)c2C)n1. The summed E-state index contributed by atoms with van der Waals surface area (Å²) in [5, 5.41) is 0. The van der Waals surface area contributed by atoms with Gasteiger partial charge in [-0.2, -0.15) is 4.98 Å². The van der Waals surface area contributed by atoms with Crippen LogP contribution in [0.5, 0.6) is 11.6 Å². The molecule has 0 fully saturated rings. The number of hydrogen-bond donors (Lipinski definition) is 2. The van der Waals surface area contributed by atoms with Crippen LogP contribution in [0.2, 0.25) is 0 Å². The van der Waals surface area contributed by atoms with Crippen LogP contribution in [0.1, 0.15) is 29.4 Å². The summed E-state index contributed by atoms with van der Waals surface area (Å²) in [5.74, 6) is 8.13. The second kappa shape index (κ2) is 5.88. The average molecular weight is 272 g/mol. The van der Waals surface area contributed by atoms with Gasteiger partial charge in [-0.05, 0) is 38.0 Å². The van der Waals surface area contributed by atoms with Gasteiger partial charge in [0.05, 0.1) is 5.56 Å². The van der Waals surface area contributed by atoms with E-state index in [0.29, 0.717) is 17.5 Å². The summed E-state index contributed by atoms with van der Waals surface area (Å²) in [6.45, 7) is 7.96. The third kappa shape index (κ3) is 2.72. The van der Waals surface area contributed by atoms with E-state index in [1.807, 2.05) is 32.9 Å². The minimum Gasteiger partial charge on any atom is -0.438 e. The predicted octanol–water partition coefficient (Wildman–Crippen LogP) is 3.04. The number of aryl methyl sites for hydroxylation is 2. The van der Waals surface area contributed by atoms with E-state index in [4.69, 9.17) is 10.6 Å². The zero-order chi connectivity index (χ0) is 14.7. The van der Waals surface area contributed by atoms with E-state index in [1.54, 1.807) is 0 Å². The van der Waals surface area contributed by atoms with Crippen molar-refractivity contribution in [3.63, 3.8) is 0 Å². The minimum absolute atomic E-state index is 0.540. The fourth-order valence-electron chi connectivity index (χ4n) is 1.88. The summed E-state index contributed by atoms with van der Waals surface area (Å²) in [6, 6.07) is 5.96. The van der Waals surface area contributed by atoms with Gasteiger partial charge in [0.2, 0.25) is 5.88 Å². The van der Waals surface area contributed by atoms with Crippen LogP contribution in [0.15, 0.2) is 18.2 Å². The van der Waals surface area contributed by atoms with Crippen molar-refractivity contribution in [2.24, 2.45) is 5.84 Å². The molecule has 3 N–H and O–H groups in total. The number of rotatable bonds is 4. The van der Waals surface area contributed by atoms with E-state index in [0.717, 1.165) is 23.3 Å². The first-order valence-corrected chi connectivity index (χ1v) is 6.65. The van der Waals surface area contributed by atoms with Crippen molar-refractivity contribution in [3.8, 4) is 11.6 Å². The molecule has 0 spiro atoms. The molecular weight excluding hydrogens is 252 g/mol. The predicted molar refractivity (Wildman–Crippen MR) is 79.9 cm³/mol. The van der Waals surface area contributed by atoms with Crippen LogP contribution in [0.3, 0.4) is 0 Å². The standard InChI is InChI=1S/C15H20N4O/c1-5-13-17-14(19-16)11(4)15(18-13)20-12-8-6-7-9(2)10(12)3/h6-8H,5,16H2,1-4H3,(H,17,18,19). The fraction of sp³-hybridized carbons (Fsp3) is 0.333. The second-order valence-electron chi connectivity index (χ2n) is 4.72. The highest BCUT2D eigenvalue weighted by Crippen LogP contribution is 2.30. The van der Waals surface area contributed by atoms with Crippen LogP contribution in [-0.4, -0.2) is 9.97 Å². The van der Waals surface area contributed by atoms with Crippen molar-refractivity contribution in [3.05, 3.63) is 40.7 Å². The average Bonchev–Trinajstić information content (AvgIpc) is 2.45. The maximum absolute atomic E-state index is 5.96. The molecule has 106 valence electrons. The molecule has 0 aliphatic heterocycles. The van der Waals surface area contributed by atoms with Gasteiger partial charge in [-0.15, -0.1) is 0 Å². The van der Waals surface area contributed by atoms with Crippen molar-refractivity contribution in [2.75, 3.05) is 5.43 Å². The molecule has 1 aromatic carbocycles. The lowest BCUT2D eigenvalue weighted by Gasteiger charge is -2.14. The van der Waals surface area contributed by atoms with Crippen LogP contribution in [0.25, 0.3) is 0 Å². The van der Waals surface area contributed by atoms with E-state index in [1.165, 1.54) is 5.56 Å². The summed E-state index contributed by atoms with van der Waals surface area (Å²) in [4.78, 5) is 8.76. The normalized spacial score (nSPS) is 10.4. The number of hydrazine groups is 1. The Labute approximate surface area is 119 Å². The summed E-state index contributed by atoms with van der Waals surface area (Å²) in [7, 11) is 0. The molecule has 0 amide bonds. The number of ether oxygens (including phenoxy) is 1. The Morgan fingerprint density at radius 1 is 1.15 bits per heavy atom. The number of nitrogens with two attached hydrogens (primary N) is 1. The van der Waals surface area contributed by atoms with Gasteiger partial charge in [-0.3, -0.25) is 0 Å². The monoisotopic (exact) mass is 272 g/mol. The van der Waals surface area contributed by atoms with Gasteiger partial charge in [-0.25, -0.2) is 10.8 Å². The minimum atomic E-state index is 0.540. The molecule has 1 heterocycles. The molecule has 1 aromatic heterocycles. The molecule has 5 heteroatoms. The molecule has 0 aliphatic rings. The summed E-state index contributed by atoms with van der Waals surface area (Å²) < 4.78 is 5.96. The molecule has 0 saturated carbocycles. The van der Waals surface area contributed by atoms with Gasteiger partial charge in [0.1, 0.15) is 17.4 Å². The number of nitrogen functional groups attached to an aromatic ring is 1. The quantitative estimate of drug-likeness (QED) is 0.661. The van der Waals surface area contributed by atoms with Crippen molar-refractivity contribution in [1.82, 2.24) is 9.97 Å². The summed E-state index contributed by atoms with van der Waals surface area (Å²) in [6.07, 6.45) is 0.720. The molecule has 0 unspecified atom stereocenters. The van der Waals surface area contributed by atoms with Crippen molar-refractivity contribution >= 4 is 5.82 Å². The van der Waals surface area contributed by atoms with Gasteiger partial charge in [-0.1, -0.05) is 19.1 Å². The number of aromatic nitrogens is 2. The Hall–Kier alpha value is -2.14. The Morgan fingerprint density at radius 2 is 1.90 bits per heavy atom. The van der Waals surface area contributed by atoms with E-state index >= 15 is 0 Å². The molecule has 2 rings (SSSR count). The lowest BCUT2D eigenvalue weighted by atomic mass is 10.1. The number of hydrogen-bond acceptors (Lipinski definition) is 5. The Morgan fingerprint density at radius 3 is 2.55 bits per heavy atom. The first-order valence-electron chi connectivity index (χ1n) is 6.65. The summed E-state index contributed by atoms with van der Waals surface area (Å²) in [5.41, 5.74) is 5.67. The largest absolute Gasteiger partial charge is 0.438 e. The highest BCUT2D eigenvalue weighted by atomic mass is 16.5. The van der Waals surface area contributed by atoms with E-state index < -0.39 is 0 Å². The number of anilines is 1. The number of benzene rings is 1. The molecule has 0 aliphatic carbocycles. The van der Waals surface area contributed by atoms with Crippen LogP contribution < -0.4 is 16.0 Å². The zero-order valence-electron chi connectivity index (χ0n) is 12.3. The van der Waals surface area contributed by atoms with E-state index in [9.17, 15) is 0 Å². The molecule has 0 saturated heterocycles. The van der Waals surface area contributed by atoms with Gasteiger partial charge in [0, 0.05) is 6.42 Å². The third-order valence-corrected chi connectivity index (χ3v) is 3.36. The highest BCUT2D eigenvalue weighted by Gasteiger charge is 2.13. The van der Waals surface area contributed by atoms with Crippen LogP contribution in [0, 0.1) is 20.8 Å². The first-order chi connectivity index (χ1) is 9.56. The topological polar surface area (TPSA) is 73.1 Å². The van der Waals surface area contributed by atoms with Crippen molar-refractivity contribution in [1.29, 1.82) is 0 Å². The maximum atomic E-state index is 5.96. The lowest BCUT2D eigenvalue weighted by Crippen LogP contribution is -2.13. The first kappa shape index (κ1) is 14.3. The number of nitrogens with one attached hydrogen (secondary N) is 1. The van der Waals surface area contributed by atoms with Crippen LogP contribution in [0.4, 0.5) is 5.82 Å². The van der Waals surface area contributed by atoms with E-state index in [-0.39, 0.29) is 0 Å². The second-order valence-corrected chi connectivity index (χ2v) is 4.72. The molecule has 0 bridgehead atoms.